The Balaban J connectivity index is 1.56. The van der Waals surface area contributed by atoms with Gasteiger partial charge < -0.3 is 9.47 Å². The Morgan fingerprint density at radius 3 is 2.37 bits per heavy atom. The minimum absolute atomic E-state index is 0.291. The monoisotopic (exact) mass is 391 g/mol. The second-order valence-corrected chi connectivity index (χ2v) is 8.25. The van der Waals surface area contributed by atoms with Crippen LogP contribution in [0.5, 0.6) is 5.75 Å². The molecule has 0 aliphatic carbocycles. The van der Waals surface area contributed by atoms with Gasteiger partial charge >= 0.3 is 0 Å². The van der Waals surface area contributed by atoms with Gasteiger partial charge in [-0.1, -0.05) is 6.07 Å². The Bertz CT molecular complexity index is 805. The summed E-state index contributed by atoms with van der Waals surface area (Å²) in [6, 6.07) is 12.4. The summed E-state index contributed by atoms with van der Waals surface area (Å²) in [4.78, 5) is 6.84. The first-order valence-electron chi connectivity index (χ1n) is 8.94. The SMILES string of the molecule is COCCOc1ccc(S(=O)(=O)N2CCN(Cc3ccccn3)CC2)cc1. The molecule has 1 aliphatic rings. The van der Waals surface area contributed by atoms with Crippen LogP contribution in [0.1, 0.15) is 5.69 Å². The number of ether oxygens (including phenoxy) is 2. The number of benzene rings is 1. The Hall–Kier alpha value is -2.00. The third-order valence-electron chi connectivity index (χ3n) is 4.46. The highest BCUT2D eigenvalue weighted by molar-refractivity contribution is 7.89. The Morgan fingerprint density at radius 2 is 1.74 bits per heavy atom. The Kier molecular flexibility index (Phi) is 6.78. The van der Waals surface area contributed by atoms with Crippen molar-refractivity contribution in [2.24, 2.45) is 0 Å². The van der Waals surface area contributed by atoms with Gasteiger partial charge in [0.15, 0.2) is 0 Å². The Labute approximate surface area is 160 Å². The van der Waals surface area contributed by atoms with Gasteiger partial charge in [-0.3, -0.25) is 9.88 Å². The summed E-state index contributed by atoms with van der Waals surface area (Å²) in [6.07, 6.45) is 1.78. The van der Waals surface area contributed by atoms with E-state index in [2.05, 4.69) is 9.88 Å². The molecule has 1 fully saturated rings. The van der Waals surface area contributed by atoms with Crippen molar-refractivity contribution < 1.29 is 17.9 Å². The molecule has 0 amide bonds. The molecule has 1 aliphatic heterocycles. The van der Waals surface area contributed by atoms with Gasteiger partial charge in [-0.25, -0.2) is 8.42 Å². The fraction of sp³-hybridized carbons (Fsp3) is 0.421. The molecule has 0 radical (unpaired) electrons. The lowest BCUT2D eigenvalue weighted by molar-refractivity contribution is 0.146. The van der Waals surface area contributed by atoms with Crippen molar-refractivity contribution in [3.8, 4) is 5.75 Å². The number of pyridine rings is 1. The topological polar surface area (TPSA) is 72.0 Å². The number of methoxy groups -OCH3 is 1. The predicted molar refractivity (Wildman–Crippen MR) is 102 cm³/mol. The summed E-state index contributed by atoms with van der Waals surface area (Å²) < 4.78 is 37.7. The maximum Gasteiger partial charge on any atom is 0.243 e. The number of sulfonamides is 1. The van der Waals surface area contributed by atoms with Crippen LogP contribution >= 0.6 is 0 Å². The van der Waals surface area contributed by atoms with E-state index in [0.29, 0.717) is 50.0 Å². The zero-order chi connectivity index (χ0) is 19.1. The first kappa shape index (κ1) is 19.8. The van der Waals surface area contributed by atoms with Crippen molar-refractivity contribution >= 4 is 10.0 Å². The molecule has 0 N–H and O–H groups in total. The third kappa shape index (κ3) is 5.26. The van der Waals surface area contributed by atoms with E-state index < -0.39 is 10.0 Å². The van der Waals surface area contributed by atoms with Crippen LogP contribution in [0.4, 0.5) is 0 Å². The average molecular weight is 391 g/mol. The minimum Gasteiger partial charge on any atom is -0.491 e. The van der Waals surface area contributed by atoms with Crippen LogP contribution in [-0.2, 0) is 21.3 Å². The first-order chi connectivity index (χ1) is 13.1. The van der Waals surface area contributed by atoms with Gasteiger partial charge in [0.1, 0.15) is 12.4 Å². The molecule has 0 bridgehead atoms. The average Bonchev–Trinajstić information content (AvgIpc) is 2.70. The van der Waals surface area contributed by atoms with Crippen LogP contribution in [-0.4, -0.2) is 69.1 Å². The van der Waals surface area contributed by atoms with Gasteiger partial charge in [0.2, 0.25) is 10.0 Å². The summed E-state index contributed by atoms with van der Waals surface area (Å²) in [5.41, 5.74) is 0.998. The highest BCUT2D eigenvalue weighted by Gasteiger charge is 2.28. The van der Waals surface area contributed by atoms with Crippen molar-refractivity contribution in [3.05, 3.63) is 54.4 Å². The number of hydrogen-bond acceptors (Lipinski definition) is 6. The molecule has 2 aromatic rings. The zero-order valence-corrected chi connectivity index (χ0v) is 16.3. The summed E-state index contributed by atoms with van der Waals surface area (Å²) in [6.45, 7) is 3.98. The van der Waals surface area contributed by atoms with Gasteiger partial charge in [0, 0.05) is 46.0 Å². The normalized spacial score (nSPS) is 16.3. The maximum absolute atomic E-state index is 12.9. The summed E-state index contributed by atoms with van der Waals surface area (Å²) in [5.74, 6) is 0.631. The van der Waals surface area contributed by atoms with Crippen LogP contribution in [0, 0.1) is 0 Å². The molecule has 0 spiro atoms. The van der Waals surface area contributed by atoms with E-state index in [1.54, 1.807) is 41.9 Å². The Morgan fingerprint density at radius 1 is 1.00 bits per heavy atom. The van der Waals surface area contributed by atoms with E-state index in [-0.39, 0.29) is 0 Å². The number of hydrogen-bond donors (Lipinski definition) is 0. The minimum atomic E-state index is -3.49. The molecule has 0 saturated carbocycles. The van der Waals surface area contributed by atoms with Crippen LogP contribution in [0.15, 0.2) is 53.6 Å². The van der Waals surface area contributed by atoms with Gasteiger partial charge in [0.05, 0.1) is 17.2 Å². The van der Waals surface area contributed by atoms with Crippen molar-refractivity contribution in [1.82, 2.24) is 14.2 Å². The highest BCUT2D eigenvalue weighted by Crippen LogP contribution is 2.21. The van der Waals surface area contributed by atoms with E-state index in [4.69, 9.17) is 9.47 Å². The van der Waals surface area contributed by atoms with E-state index in [9.17, 15) is 8.42 Å². The smallest absolute Gasteiger partial charge is 0.243 e. The van der Waals surface area contributed by atoms with Crippen molar-refractivity contribution in [2.45, 2.75) is 11.4 Å². The largest absolute Gasteiger partial charge is 0.491 e. The maximum atomic E-state index is 12.9. The van der Waals surface area contributed by atoms with E-state index in [1.165, 1.54) is 0 Å². The molecular weight excluding hydrogens is 366 g/mol. The summed E-state index contributed by atoms with van der Waals surface area (Å²) >= 11 is 0. The lowest BCUT2D eigenvalue weighted by atomic mass is 10.3. The van der Waals surface area contributed by atoms with E-state index >= 15 is 0 Å². The molecule has 1 aromatic carbocycles. The molecule has 146 valence electrons. The quantitative estimate of drug-likeness (QED) is 0.637. The van der Waals surface area contributed by atoms with Crippen molar-refractivity contribution in [3.63, 3.8) is 0 Å². The lowest BCUT2D eigenvalue weighted by Crippen LogP contribution is -2.48. The van der Waals surface area contributed by atoms with Crippen LogP contribution in [0.25, 0.3) is 0 Å². The first-order valence-corrected chi connectivity index (χ1v) is 10.4. The lowest BCUT2D eigenvalue weighted by Gasteiger charge is -2.33. The molecule has 7 nitrogen and oxygen atoms in total. The predicted octanol–water partition coefficient (Wildman–Crippen LogP) is 1.61. The third-order valence-corrected chi connectivity index (χ3v) is 6.37. The van der Waals surface area contributed by atoms with Crippen molar-refractivity contribution in [1.29, 1.82) is 0 Å². The molecule has 3 rings (SSSR count). The second-order valence-electron chi connectivity index (χ2n) is 6.31. The molecule has 0 unspecified atom stereocenters. The highest BCUT2D eigenvalue weighted by atomic mass is 32.2. The molecule has 8 heteroatoms. The summed E-state index contributed by atoms with van der Waals surface area (Å²) in [5, 5.41) is 0. The molecule has 1 saturated heterocycles. The molecule has 2 heterocycles. The van der Waals surface area contributed by atoms with Gasteiger partial charge in [-0.05, 0) is 36.4 Å². The van der Waals surface area contributed by atoms with Gasteiger partial charge in [-0.2, -0.15) is 4.31 Å². The van der Waals surface area contributed by atoms with E-state index in [1.807, 2.05) is 18.2 Å². The van der Waals surface area contributed by atoms with Crippen molar-refractivity contribution in [2.75, 3.05) is 46.5 Å². The molecule has 27 heavy (non-hydrogen) atoms. The number of piperazine rings is 1. The zero-order valence-electron chi connectivity index (χ0n) is 15.5. The fourth-order valence-electron chi connectivity index (χ4n) is 2.95. The standard InChI is InChI=1S/C19H25N3O4S/c1-25-14-15-26-18-5-7-19(8-6-18)27(23,24)22-12-10-21(11-13-22)16-17-4-2-3-9-20-17/h2-9H,10-16H2,1H3. The molecular formula is C19H25N3O4S. The molecule has 0 atom stereocenters. The second kappa shape index (κ2) is 9.27. The van der Waals surface area contributed by atoms with Gasteiger partial charge in [-0.15, -0.1) is 0 Å². The number of nitrogens with zero attached hydrogens (tertiary/aromatic N) is 3. The number of aromatic nitrogens is 1. The summed E-state index contributed by atoms with van der Waals surface area (Å²) in [7, 11) is -1.88. The fourth-order valence-corrected chi connectivity index (χ4v) is 4.37. The molecule has 1 aromatic heterocycles. The van der Waals surface area contributed by atoms with Crippen LogP contribution in [0.3, 0.4) is 0 Å². The van der Waals surface area contributed by atoms with E-state index in [0.717, 1.165) is 12.2 Å². The van der Waals surface area contributed by atoms with Gasteiger partial charge in [0.25, 0.3) is 0 Å². The van der Waals surface area contributed by atoms with Crippen LogP contribution in [0.2, 0.25) is 0 Å². The van der Waals surface area contributed by atoms with Crippen LogP contribution < -0.4 is 4.74 Å². The number of rotatable bonds is 8.